The molecular weight excluding hydrogens is 586 g/mol. The second kappa shape index (κ2) is 9.73. The average Bonchev–Trinajstić information content (AvgIpc) is 3.02. The van der Waals surface area contributed by atoms with E-state index in [4.69, 9.17) is 33.0 Å². The van der Waals surface area contributed by atoms with E-state index < -0.39 is 39.4 Å². The first kappa shape index (κ1) is 28.7. The number of benzene rings is 2. The number of ether oxygens (including phenoxy) is 1. The Kier molecular flexibility index (Phi) is 7.17. The molecule has 0 fully saturated rings. The van der Waals surface area contributed by atoms with Crippen LogP contribution in [0.2, 0.25) is 10.2 Å². The Balaban J connectivity index is 1.71. The van der Waals surface area contributed by atoms with Crippen LogP contribution >= 0.6 is 23.2 Å². The van der Waals surface area contributed by atoms with Crippen molar-refractivity contribution >= 4 is 50.8 Å². The van der Waals surface area contributed by atoms with Gasteiger partial charge < -0.3 is 14.9 Å². The minimum Gasteiger partial charge on any atom is -0.478 e. The van der Waals surface area contributed by atoms with E-state index in [9.17, 15) is 31.5 Å². The van der Waals surface area contributed by atoms with E-state index >= 15 is 0 Å². The number of nitrogens with zero attached hydrogens (tertiary/aromatic N) is 3. The first-order chi connectivity index (χ1) is 18.0. The summed E-state index contributed by atoms with van der Waals surface area (Å²) in [6.07, 6.45) is -5.19. The van der Waals surface area contributed by atoms with Crippen LogP contribution in [0.5, 0.6) is 11.6 Å². The zero-order chi connectivity index (χ0) is 29.1. The van der Waals surface area contributed by atoms with Gasteiger partial charge in [-0.3, -0.25) is 8.61 Å². The van der Waals surface area contributed by atoms with Crippen molar-refractivity contribution in [2.75, 3.05) is 22.7 Å². The normalized spacial score (nSPS) is 16.9. The number of fused-ring (bicyclic) bond motifs is 1. The molecule has 1 aliphatic rings. The number of halogens is 5. The Hall–Kier alpha value is -3.26. The highest BCUT2D eigenvalue weighted by atomic mass is 35.5. The monoisotopic (exact) mass is 605 g/mol. The average molecular weight is 606 g/mol. The summed E-state index contributed by atoms with van der Waals surface area (Å²) in [5.74, 6) is -2.97. The number of aromatic nitrogens is 1. The minimum absolute atomic E-state index is 0.0280. The van der Waals surface area contributed by atoms with Gasteiger partial charge in [0.1, 0.15) is 10.9 Å². The molecule has 4 rings (SSSR count). The fourth-order valence-electron chi connectivity index (χ4n) is 4.27. The minimum atomic E-state index is -5.19. The lowest BCUT2D eigenvalue weighted by Crippen LogP contribution is -2.46. The summed E-state index contributed by atoms with van der Waals surface area (Å²) in [5, 5.41) is 19.8. The number of alkyl halides is 3. The van der Waals surface area contributed by atoms with Crippen LogP contribution in [-0.4, -0.2) is 49.9 Å². The van der Waals surface area contributed by atoms with Gasteiger partial charge >= 0.3 is 22.4 Å². The molecule has 39 heavy (non-hydrogen) atoms. The van der Waals surface area contributed by atoms with E-state index in [1.54, 1.807) is 0 Å². The molecule has 0 aliphatic carbocycles. The van der Waals surface area contributed by atoms with Gasteiger partial charge in [-0.05, 0) is 41.5 Å². The molecule has 2 unspecified atom stereocenters. The third-order valence-corrected chi connectivity index (χ3v) is 8.95. The zero-order valence-electron chi connectivity index (χ0n) is 20.4. The summed E-state index contributed by atoms with van der Waals surface area (Å²) < 4.78 is 75.7. The van der Waals surface area contributed by atoms with E-state index in [1.807, 2.05) is 0 Å². The Bertz CT molecular complexity index is 1590. The van der Waals surface area contributed by atoms with Crippen molar-refractivity contribution in [3.05, 3.63) is 75.4 Å². The van der Waals surface area contributed by atoms with Crippen molar-refractivity contribution in [3.63, 3.8) is 0 Å². The molecule has 2 atom stereocenters. The largest absolute Gasteiger partial charge is 0.478 e. The maximum absolute atomic E-state index is 14.5. The number of aliphatic hydroxyl groups is 1. The number of hydrogen-bond donors (Lipinski definition) is 2. The molecule has 2 N–H and O–H groups in total. The first-order valence-electron chi connectivity index (χ1n) is 11.0. The SMILES string of the molecule is CC(c1ccc(Oc2ccc(C(=O)O)c(Cl)n2)cc1Cl)C(O)(c1ccc2c(c1)N(C)S(=O)(=O)N2C)C(F)(F)F. The summed E-state index contributed by atoms with van der Waals surface area (Å²) in [7, 11) is -1.49. The second-order valence-corrected chi connectivity index (χ2v) is 11.5. The number of carboxylic acid groups (broad SMARTS) is 1. The number of carboxylic acids is 1. The molecule has 9 nitrogen and oxygen atoms in total. The molecule has 3 aromatic rings. The number of anilines is 2. The summed E-state index contributed by atoms with van der Waals surface area (Å²) in [5.41, 5.74) is -4.23. The Morgan fingerprint density at radius 2 is 1.67 bits per heavy atom. The van der Waals surface area contributed by atoms with Gasteiger partial charge in [0.2, 0.25) is 5.88 Å². The number of carbonyl (C=O) groups is 1. The number of hydrogen-bond acceptors (Lipinski definition) is 6. The molecule has 1 aromatic heterocycles. The van der Waals surface area contributed by atoms with Gasteiger partial charge in [-0.1, -0.05) is 42.3 Å². The van der Waals surface area contributed by atoms with E-state index in [0.717, 1.165) is 27.7 Å². The lowest BCUT2D eigenvalue weighted by Gasteiger charge is -2.37. The fraction of sp³-hybridized carbons (Fsp3) is 0.250. The zero-order valence-corrected chi connectivity index (χ0v) is 22.7. The smallest absolute Gasteiger partial charge is 0.422 e. The third-order valence-electron chi connectivity index (χ3n) is 6.56. The van der Waals surface area contributed by atoms with Crippen LogP contribution in [0.1, 0.15) is 34.3 Å². The summed E-state index contributed by atoms with van der Waals surface area (Å²) >= 11 is 12.2. The van der Waals surface area contributed by atoms with E-state index in [2.05, 4.69) is 4.98 Å². The fourth-order valence-corrected chi connectivity index (χ4v) is 6.00. The van der Waals surface area contributed by atoms with Gasteiger partial charge in [0, 0.05) is 31.1 Å². The van der Waals surface area contributed by atoms with Gasteiger partial charge in [0.15, 0.2) is 5.60 Å². The molecule has 15 heteroatoms. The number of aromatic carboxylic acids is 1. The van der Waals surface area contributed by atoms with Crippen molar-refractivity contribution in [1.82, 2.24) is 4.98 Å². The van der Waals surface area contributed by atoms with E-state index in [-0.39, 0.29) is 44.3 Å². The number of rotatable bonds is 6. The molecule has 0 spiro atoms. The van der Waals surface area contributed by atoms with Crippen LogP contribution in [0, 0.1) is 0 Å². The molecule has 0 bridgehead atoms. The third kappa shape index (κ3) is 4.73. The standard InChI is InChI=1S/C24H20Cl2F3N3O6S/c1-12(15-6-5-14(11-17(15)25)38-20-9-7-16(22(33)34)21(26)30-20)23(35,24(27,28)29)13-4-8-18-19(10-13)32(3)39(36,37)31(18)2/h4-12,35H,1-3H3,(H,33,34). The highest BCUT2D eigenvalue weighted by Gasteiger charge is 2.59. The van der Waals surface area contributed by atoms with Crippen molar-refractivity contribution in [3.8, 4) is 11.6 Å². The van der Waals surface area contributed by atoms with Crippen molar-refractivity contribution in [2.24, 2.45) is 0 Å². The van der Waals surface area contributed by atoms with E-state index in [1.165, 1.54) is 50.5 Å². The molecular formula is C24H20Cl2F3N3O6S. The van der Waals surface area contributed by atoms with Crippen LogP contribution in [-0.2, 0) is 15.8 Å². The summed E-state index contributed by atoms with van der Waals surface area (Å²) in [6, 6.07) is 9.37. The van der Waals surface area contributed by atoms with Crippen LogP contribution in [0.15, 0.2) is 48.5 Å². The lowest BCUT2D eigenvalue weighted by atomic mass is 9.77. The molecule has 2 heterocycles. The predicted octanol–water partition coefficient (Wildman–Crippen LogP) is 5.56. The molecule has 1 aliphatic heterocycles. The Morgan fingerprint density at radius 3 is 2.23 bits per heavy atom. The molecule has 0 saturated heterocycles. The van der Waals surface area contributed by atoms with Gasteiger partial charge in [0.05, 0.1) is 16.9 Å². The van der Waals surface area contributed by atoms with E-state index in [0.29, 0.717) is 0 Å². The van der Waals surface area contributed by atoms with Gasteiger partial charge in [-0.2, -0.15) is 21.6 Å². The molecule has 208 valence electrons. The highest BCUT2D eigenvalue weighted by molar-refractivity contribution is 7.94. The van der Waals surface area contributed by atoms with Gasteiger partial charge in [-0.25, -0.2) is 9.78 Å². The van der Waals surface area contributed by atoms with Crippen molar-refractivity contribution in [1.29, 1.82) is 0 Å². The molecule has 0 saturated carbocycles. The maximum Gasteiger partial charge on any atom is 0.422 e. The Morgan fingerprint density at radius 1 is 1.03 bits per heavy atom. The predicted molar refractivity (Wildman–Crippen MR) is 138 cm³/mol. The highest BCUT2D eigenvalue weighted by Crippen LogP contribution is 2.52. The lowest BCUT2D eigenvalue weighted by molar-refractivity contribution is -0.274. The molecule has 2 aromatic carbocycles. The van der Waals surface area contributed by atoms with Crippen LogP contribution in [0.25, 0.3) is 0 Å². The topological polar surface area (TPSA) is 120 Å². The van der Waals surface area contributed by atoms with Crippen LogP contribution in [0.4, 0.5) is 24.5 Å². The van der Waals surface area contributed by atoms with Crippen LogP contribution in [0.3, 0.4) is 0 Å². The van der Waals surface area contributed by atoms with Gasteiger partial charge in [-0.15, -0.1) is 0 Å². The quantitative estimate of drug-likeness (QED) is 0.353. The summed E-state index contributed by atoms with van der Waals surface area (Å²) in [6.45, 7) is 1.14. The van der Waals surface area contributed by atoms with Crippen molar-refractivity contribution in [2.45, 2.75) is 24.6 Å². The first-order valence-corrected chi connectivity index (χ1v) is 13.2. The molecule has 0 radical (unpaired) electrons. The Labute approximate surface area is 231 Å². The molecule has 0 amide bonds. The number of pyridine rings is 1. The van der Waals surface area contributed by atoms with Crippen LogP contribution < -0.4 is 13.3 Å². The maximum atomic E-state index is 14.5. The summed E-state index contributed by atoms with van der Waals surface area (Å²) in [4.78, 5) is 14.9. The van der Waals surface area contributed by atoms with Crippen molar-refractivity contribution < 1.29 is 41.3 Å². The second-order valence-electron chi connectivity index (χ2n) is 8.71. The van der Waals surface area contributed by atoms with Gasteiger partial charge in [0.25, 0.3) is 0 Å².